The lowest BCUT2D eigenvalue weighted by Gasteiger charge is -2.27. The Morgan fingerprint density at radius 3 is 2.72 bits per heavy atom. The molecule has 3 rings (SSSR count). The molecule has 1 unspecified atom stereocenters. The van der Waals surface area contributed by atoms with Crippen molar-refractivity contribution in [1.82, 2.24) is 15.5 Å². The molecule has 0 aromatic carbocycles. The molecule has 2 saturated heterocycles. The lowest BCUT2D eigenvalue weighted by Crippen LogP contribution is -2.37. The molecule has 3 atom stereocenters. The molecular formula is C11H15N3O4. The highest BCUT2D eigenvalue weighted by Crippen LogP contribution is 2.35. The summed E-state index contributed by atoms with van der Waals surface area (Å²) in [6.45, 7) is 0.192. The van der Waals surface area contributed by atoms with Crippen molar-refractivity contribution in [2.45, 2.75) is 44.4 Å². The summed E-state index contributed by atoms with van der Waals surface area (Å²) in [4.78, 5) is 25.1. The SMILES string of the molecule is O=C(NCc1noc(=O)[nH]1)C1C[C@H]2CC[C@@H](C1)O2. The Morgan fingerprint density at radius 1 is 1.39 bits per heavy atom. The van der Waals surface area contributed by atoms with Gasteiger partial charge in [0.25, 0.3) is 0 Å². The Labute approximate surface area is 103 Å². The first-order valence-corrected chi connectivity index (χ1v) is 6.19. The fourth-order valence-corrected chi connectivity index (χ4v) is 2.72. The highest BCUT2D eigenvalue weighted by Gasteiger charge is 2.37. The number of aromatic amines is 1. The maximum Gasteiger partial charge on any atom is 0.438 e. The van der Waals surface area contributed by atoms with Crippen molar-refractivity contribution in [2.75, 3.05) is 0 Å². The molecule has 2 aliphatic rings. The van der Waals surface area contributed by atoms with E-state index in [0.717, 1.165) is 25.7 Å². The topological polar surface area (TPSA) is 97.2 Å². The van der Waals surface area contributed by atoms with Gasteiger partial charge in [-0.15, -0.1) is 0 Å². The van der Waals surface area contributed by atoms with Crippen molar-refractivity contribution in [3.8, 4) is 0 Å². The Morgan fingerprint density at radius 2 is 2.11 bits per heavy atom. The fraction of sp³-hybridized carbons (Fsp3) is 0.727. The van der Waals surface area contributed by atoms with Crippen LogP contribution in [0.4, 0.5) is 0 Å². The van der Waals surface area contributed by atoms with Crippen LogP contribution in [0.15, 0.2) is 9.32 Å². The molecule has 2 fully saturated rings. The minimum atomic E-state index is -0.608. The highest BCUT2D eigenvalue weighted by atomic mass is 16.5. The normalized spacial score (nSPS) is 30.3. The Kier molecular flexibility index (Phi) is 2.91. The number of amides is 1. The first-order valence-electron chi connectivity index (χ1n) is 6.19. The lowest BCUT2D eigenvalue weighted by molar-refractivity contribution is -0.131. The van der Waals surface area contributed by atoms with Crippen molar-refractivity contribution < 1.29 is 14.1 Å². The minimum absolute atomic E-state index is 0.000881. The van der Waals surface area contributed by atoms with Gasteiger partial charge in [-0.25, -0.2) is 4.79 Å². The van der Waals surface area contributed by atoms with Gasteiger partial charge in [0.05, 0.1) is 18.8 Å². The van der Waals surface area contributed by atoms with E-state index >= 15 is 0 Å². The number of carbonyl (C=O) groups excluding carboxylic acids is 1. The van der Waals surface area contributed by atoms with Crippen LogP contribution in [0.5, 0.6) is 0 Å². The maximum absolute atomic E-state index is 12.0. The number of ether oxygens (including phenoxy) is 1. The summed E-state index contributed by atoms with van der Waals surface area (Å²) < 4.78 is 10.0. The Hall–Kier alpha value is -1.63. The molecule has 0 saturated carbocycles. The predicted octanol–water partition coefficient (Wildman–Crippen LogP) is -0.0633. The van der Waals surface area contributed by atoms with Gasteiger partial charge < -0.3 is 10.1 Å². The summed E-state index contributed by atoms with van der Waals surface area (Å²) in [6.07, 6.45) is 4.18. The van der Waals surface area contributed by atoms with E-state index < -0.39 is 5.76 Å². The summed E-state index contributed by atoms with van der Waals surface area (Å²) in [5.74, 6) is -0.263. The molecular weight excluding hydrogens is 238 g/mol. The molecule has 7 heteroatoms. The van der Waals surface area contributed by atoms with Gasteiger partial charge in [0.1, 0.15) is 0 Å². The van der Waals surface area contributed by atoms with Crippen LogP contribution >= 0.6 is 0 Å². The third-order valence-electron chi connectivity index (χ3n) is 3.58. The number of carbonyl (C=O) groups is 1. The molecule has 2 N–H and O–H groups in total. The number of nitrogens with zero attached hydrogens (tertiary/aromatic N) is 1. The second-order valence-corrected chi connectivity index (χ2v) is 4.89. The van der Waals surface area contributed by atoms with Crippen LogP contribution < -0.4 is 11.1 Å². The van der Waals surface area contributed by atoms with Crippen LogP contribution in [0, 0.1) is 5.92 Å². The summed E-state index contributed by atoms with van der Waals surface area (Å²) in [6, 6.07) is 0. The first kappa shape index (κ1) is 11.5. The Balaban J connectivity index is 1.54. The van der Waals surface area contributed by atoms with Crippen LogP contribution in [0.1, 0.15) is 31.5 Å². The van der Waals surface area contributed by atoms with E-state index in [-0.39, 0.29) is 30.6 Å². The van der Waals surface area contributed by atoms with E-state index in [9.17, 15) is 9.59 Å². The van der Waals surface area contributed by atoms with Crippen molar-refractivity contribution in [2.24, 2.45) is 5.92 Å². The smallest absolute Gasteiger partial charge is 0.375 e. The average Bonchev–Trinajstić information content (AvgIpc) is 2.92. The number of hydrogen-bond donors (Lipinski definition) is 2. The molecule has 0 aliphatic carbocycles. The number of fused-ring (bicyclic) bond motifs is 2. The molecule has 1 amide bonds. The number of hydrogen-bond acceptors (Lipinski definition) is 5. The summed E-state index contributed by atoms with van der Waals surface area (Å²) in [7, 11) is 0. The van der Waals surface area contributed by atoms with Crippen molar-refractivity contribution in [1.29, 1.82) is 0 Å². The third kappa shape index (κ3) is 2.31. The second kappa shape index (κ2) is 4.56. The third-order valence-corrected chi connectivity index (χ3v) is 3.58. The minimum Gasteiger partial charge on any atom is -0.375 e. The molecule has 1 aromatic rings. The van der Waals surface area contributed by atoms with Gasteiger partial charge >= 0.3 is 5.76 Å². The van der Waals surface area contributed by atoms with Crippen molar-refractivity contribution >= 4 is 5.91 Å². The number of H-pyrrole nitrogens is 1. The molecule has 1 aromatic heterocycles. The number of aromatic nitrogens is 2. The quantitative estimate of drug-likeness (QED) is 0.786. The van der Waals surface area contributed by atoms with E-state index in [4.69, 9.17) is 4.74 Å². The van der Waals surface area contributed by atoms with E-state index in [2.05, 4.69) is 20.0 Å². The van der Waals surface area contributed by atoms with Gasteiger partial charge in [-0.1, -0.05) is 5.16 Å². The van der Waals surface area contributed by atoms with E-state index in [1.54, 1.807) is 0 Å². The van der Waals surface area contributed by atoms with Gasteiger partial charge in [0, 0.05) is 5.92 Å². The zero-order valence-electron chi connectivity index (χ0n) is 9.85. The van der Waals surface area contributed by atoms with Gasteiger partial charge in [-0.2, -0.15) is 0 Å². The van der Waals surface area contributed by atoms with Crippen LogP contribution in [0.25, 0.3) is 0 Å². The van der Waals surface area contributed by atoms with Crippen LogP contribution in [0.2, 0.25) is 0 Å². The first-order chi connectivity index (χ1) is 8.70. The van der Waals surface area contributed by atoms with Gasteiger partial charge in [-0.3, -0.25) is 14.3 Å². The standard InChI is InChI=1S/C11H15N3O4/c15-10(12-5-9-13-11(16)18-14-9)6-3-7-1-2-8(4-6)17-7/h6-8H,1-5H2,(H,12,15)(H,13,14,16)/t6?,7-,8+. The van der Waals surface area contributed by atoms with E-state index in [1.807, 2.05) is 0 Å². The molecule has 0 radical (unpaired) electrons. The molecule has 2 bridgehead atoms. The van der Waals surface area contributed by atoms with Gasteiger partial charge in [0.2, 0.25) is 5.91 Å². The maximum atomic E-state index is 12.0. The predicted molar refractivity (Wildman–Crippen MR) is 59.6 cm³/mol. The highest BCUT2D eigenvalue weighted by molar-refractivity contribution is 5.78. The molecule has 3 heterocycles. The van der Waals surface area contributed by atoms with Crippen LogP contribution in [0.3, 0.4) is 0 Å². The summed E-state index contributed by atoms with van der Waals surface area (Å²) in [5, 5.41) is 6.26. The van der Waals surface area contributed by atoms with Gasteiger partial charge in [0.15, 0.2) is 5.82 Å². The van der Waals surface area contributed by atoms with Crippen molar-refractivity contribution in [3.63, 3.8) is 0 Å². The zero-order valence-corrected chi connectivity index (χ0v) is 9.85. The largest absolute Gasteiger partial charge is 0.438 e. The number of nitrogens with one attached hydrogen (secondary N) is 2. The molecule has 0 spiro atoms. The molecule has 7 nitrogen and oxygen atoms in total. The van der Waals surface area contributed by atoms with E-state index in [0.29, 0.717) is 5.82 Å². The molecule has 98 valence electrons. The fourth-order valence-electron chi connectivity index (χ4n) is 2.72. The van der Waals surface area contributed by atoms with Crippen molar-refractivity contribution in [3.05, 3.63) is 16.4 Å². The summed E-state index contributed by atoms with van der Waals surface area (Å²) >= 11 is 0. The Bertz CT molecular complexity index is 482. The van der Waals surface area contributed by atoms with Gasteiger partial charge in [-0.05, 0) is 25.7 Å². The van der Waals surface area contributed by atoms with Crippen LogP contribution in [-0.2, 0) is 16.1 Å². The molecule has 18 heavy (non-hydrogen) atoms. The monoisotopic (exact) mass is 253 g/mol. The lowest BCUT2D eigenvalue weighted by atomic mass is 9.95. The average molecular weight is 253 g/mol. The summed E-state index contributed by atoms with van der Waals surface area (Å²) in [5.41, 5.74) is 0. The zero-order chi connectivity index (χ0) is 12.5. The van der Waals surface area contributed by atoms with E-state index in [1.165, 1.54) is 0 Å². The second-order valence-electron chi connectivity index (χ2n) is 4.89. The van der Waals surface area contributed by atoms with Crippen LogP contribution in [-0.4, -0.2) is 28.3 Å². The molecule has 2 aliphatic heterocycles. The number of rotatable bonds is 3.